The molecule has 2 aliphatic rings. The van der Waals surface area contributed by atoms with E-state index in [0.29, 0.717) is 5.92 Å². The van der Waals surface area contributed by atoms with E-state index < -0.39 is 0 Å². The summed E-state index contributed by atoms with van der Waals surface area (Å²) >= 11 is 0. The van der Waals surface area contributed by atoms with Gasteiger partial charge in [0.15, 0.2) is 5.82 Å². The molecule has 19 heavy (non-hydrogen) atoms. The van der Waals surface area contributed by atoms with Crippen molar-refractivity contribution < 1.29 is 4.52 Å². The third-order valence-electron chi connectivity index (χ3n) is 4.31. The Morgan fingerprint density at radius 2 is 2.00 bits per heavy atom. The maximum Gasteiger partial charge on any atom is 0.244 e. The number of hydrogen-bond donors (Lipinski definition) is 1. The normalized spacial score (nSPS) is 22.8. The number of fused-ring (bicyclic) bond motifs is 1. The van der Waals surface area contributed by atoms with Crippen LogP contribution in [0.4, 0.5) is 0 Å². The zero-order valence-corrected chi connectivity index (χ0v) is 10.8. The first-order chi connectivity index (χ1) is 9.40. The van der Waals surface area contributed by atoms with Crippen LogP contribution in [0.5, 0.6) is 0 Å². The summed E-state index contributed by atoms with van der Waals surface area (Å²) < 4.78 is 5.45. The number of rotatable bonds is 2. The summed E-state index contributed by atoms with van der Waals surface area (Å²) in [7, 11) is 0. The molecule has 1 N–H and O–H groups in total. The molecule has 0 bridgehead atoms. The smallest absolute Gasteiger partial charge is 0.244 e. The first-order valence-corrected chi connectivity index (χ1v) is 7.04. The summed E-state index contributed by atoms with van der Waals surface area (Å²) in [6.07, 6.45) is 4.64. The van der Waals surface area contributed by atoms with Gasteiger partial charge in [0.1, 0.15) is 0 Å². The molecule has 2 aromatic rings. The molecule has 1 atom stereocenters. The summed E-state index contributed by atoms with van der Waals surface area (Å²) in [5.74, 6) is 2.19. The van der Waals surface area contributed by atoms with Crippen molar-refractivity contribution in [3.63, 3.8) is 0 Å². The Bertz CT molecular complexity index is 589. The molecule has 0 radical (unpaired) electrons. The van der Waals surface area contributed by atoms with Crippen LogP contribution < -0.4 is 5.32 Å². The molecule has 4 nitrogen and oxygen atoms in total. The average Bonchev–Trinajstić information content (AvgIpc) is 2.85. The van der Waals surface area contributed by atoms with Gasteiger partial charge in [0.25, 0.3) is 0 Å². The lowest BCUT2D eigenvalue weighted by atomic mass is 9.85. The average molecular weight is 255 g/mol. The molecule has 4 rings (SSSR count). The number of benzene rings is 1. The molecular weight excluding hydrogens is 238 g/mol. The Hall–Kier alpha value is -1.68. The third kappa shape index (κ3) is 1.96. The van der Waals surface area contributed by atoms with Crippen LogP contribution in [0.15, 0.2) is 28.8 Å². The van der Waals surface area contributed by atoms with Gasteiger partial charge in [-0.2, -0.15) is 4.98 Å². The fraction of sp³-hybridized carbons (Fsp3) is 0.467. The number of nitrogens with zero attached hydrogens (tertiary/aromatic N) is 2. The predicted molar refractivity (Wildman–Crippen MR) is 70.6 cm³/mol. The van der Waals surface area contributed by atoms with Crippen molar-refractivity contribution in [3.05, 3.63) is 47.1 Å². The van der Waals surface area contributed by atoms with Gasteiger partial charge < -0.3 is 9.84 Å². The van der Waals surface area contributed by atoms with Gasteiger partial charge in [-0.25, -0.2) is 0 Å². The van der Waals surface area contributed by atoms with Gasteiger partial charge in [-0.05, 0) is 30.4 Å². The van der Waals surface area contributed by atoms with Crippen LogP contribution in [-0.2, 0) is 13.0 Å². The van der Waals surface area contributed by atoms with Crippen molar-refractivity contribution >= 4 is 0 Å². The molecule has 2 heterocycles. The van der Waals surface area contributed by atoms with E-state index in [0.717, 1.165) is 24.7 Å². The lowest BCUT2D eigenvalue weighted by molar-refractivity contribution is 0.311. The van der Waals surface area contributed by atoms with E-state index in [2.05, 4.69) is 39.7 Å². The lowest BCUT2D eigenvalue weighted by Crippen LogP contribution is -2.28. The fourth-order valence-corrected chi connectivity index (χ4v) is 2.85. The van der Waals surface area contributed by atoms with Crippen LogP contribution in [0.2, 0.25) is 0 Å². The Morgan fingerprint density at radius 1 is 1.16 bits per heavy atom. The number of aromatic nitrogens is 2. The molecule has 0 spiro atoms. The van der Waals surface area contributed by atoms with Gasteiger partial charge in [-0.15, -0.1) is 0 Å². The number of nitrogens with one attached hydrogen (secondary N) is 1. The maximum absolute atomic E-state index is 5.45. The molecule has 0 amide bonds. The molecule has 0 saturated heterocycles. The summed E-state index contributed by atoms with van der Waals surface area (Å²) in [6, 6.07) is 8.70. The van der Waals surface area contributed by atoms with Crippen LogP contribution in [0.3, 0.4) is 0 Å². The van der Waals surface area contributed by atoms with E-state index >= 15 is 0 Å². The first-order valence-electron chi connectivity index (χ1n) is 7.04. The van der Waals surface area contributed by atoms with Crippen molar-refractivity contribution in [3.8, 4) is 0 Å². The zero-order valence-electron chi connectivity index (χ0n) is 10.8. The summed E-state index contributed by atoms with van der Waals surface area (Å²) in [6.45, 7) is 0.877. The van der Waals surface area contributed by atoms with E-state index in [4.69, 9.17) is 4.52 Å². The van der Waals surface area contributed by atoms with E-state index in [1.54, 1.807) is 0 Å². The topological polar surface area (TPSA) is 51.0 Å². The third-order valence-corrected chi connectivity index (χ3v) is 4.31. The molecule has 1 aliphatic heterocycles. The van der Waals surface area contributed by atoms with E-state index in [9.17, 15) is 0 Å². The SMILES string of the molecule is c1ccc2c(c1)CN[C@H](c1nc(C3CCC3)no1)C2. The van der Waals surface area contributed by atoms with Crippen LogP contribution in [0, 0.1) is 0 Å². The Labute approximate surface area is 112 Å². The summed E-state index contributed by atoms with van der Waals surface area (Å²) in [5.41, 5.74) is 2.76. The van der Waals surface area contributed by atoms with Gasteiger partial charge >= 0.3 is 0 Å². The maximum atomic E-state index is 5.45. The molecule has 1 saturated carbocycles. The molecule has 0 unspecified atom stereocenters. The fourth-order valence-electron chi connectivity index (χ4n) is 2.85. The van der Waals surface area contributed by atoms with Crippen LogP contribution in [-0.4, -0.2) is 10.1 Å². The van der Waals surface area contributed by atoms with E-state index in [1.165, 1.54) is 30.4 Å². The van der Waals surface area contributed by atoms with Gasteiger partial charge in [-0.3, -0.25) is 0 Å². The van der Waals surface area contributed by atoms with Gasteiger partial charge in [0.05, 0.1) is 6.04 Å². The van der Waals surface area contributed by atoms with Gasteiger partial charge in [0.2, 0.25) is 5.89 Å². The van der Waals surface area contributed by atoms with Crippen molar-refractivity contribution in [1.82, 2.24) is 15.5 Å². The van der Waals surface area contributed by atoms with Crippen LogP contribution >= 0.6 is 0 Å². The lowest BCUT2D eigenvalue weighted by Gasteiger charge is -2.23. The minimum Gasteiger partial charge on any atom is -0.338 e. The highest BCUT2D eigenvalue weighted by molar-refractivity contribution is 5.30. The highest BCUT2D eigenvalue weighted by atomic mass is 16.5. The molecule has 1 fully saturated rings. The predicted octanol–water partition coefficient (Wildman–Crippen LogP) is 2.72. The quantitative estimate of drug-likeness (QED) is 0.896. The first kappa shape index (κ1) is 11.2. The van der Waals surface area contributed by atoms with E-state index in [-0.39, 0.29) is 6.04 Å². The zero-order chi connectivity index (χ0) is 12.7. The standard InChI is InChI=1S/C15H17N3O/c1-2-5-12-9-16-13(8-11(12)4-1)15-17-14(18-19-15)10-6-3-7-10/h1-2,4-5,10,13,16H,3,6-9H2/t13-/m0/s1. The highest BCUT2D eigenvalue weighted by Gasteiger charge is 2.28. The summed E-state index contributed by atoms with van der Waals surface area (Å²) in [5, 5.41) is 7.63. The molecule has 4 heteroatoms. The van der Waals surface area contributed by atoms with Crippen LogP contribution in [0.1, 0.15) is 54.1 Å². The van der Waals surface area contributed by atoms with Crippen molar-refractivity contribution in [2.75, 3.05) is 0 Å². The van der Waals surface area contributed by atoms with Gasteiger partial charge in [0, 0.05) is 12.5 Å². The minimum atomic E-state index is 0.163. The monoisotopic (exact) mass is 255 g/mol. The molecule has 98 valence electrons. The molecular formula is C15H17N3O. The van der Waals surface area contributed by atoms with Gasteiger partial charge in [-0.1, -0.05) is 35.8 Å². The van der Waals surface area contributed by atoms with Crippen LogP contribution in [0.25, 0.3) is 0 Å². The summed E-state index contributed by atoms with van der Waals surface area (Å²) in [4.78, 5) is 4.59. The van der Waals surface area contributed by atoms with Crippen molar-refractivity contribution in [2.24, 2.45) is 0 Å². The molecule has 1 aromatic heterocycles. The van der Waals surface area contributed by atoms with E-state index in [1.807, 2.05) is 0 Å². The molecule has 1 aliphatic carbocycles. The largest absolute Gasteiger partial charge is 0.338 e. The Morgan fingerprint density at radius 3 is 2.79 bits per heavy atom. The Balaban J connectivity index is 1.55. The second kappa shape index (κ2) is 4.46. The number of hydrogen-bond acceptors (Lipinski definition) is 4. The van der Waals surface area contributed by atoms with Crippen molar-refractivity contribution in [2.45, 2.75) is 44.2 Å². The Kier molecular flexibility index (Phi) is 2.62. The van der Waals surface area contributed by atoms with Crippen molar-refractivity contribution in [1.29, 1.82) is 0 Å². The molecule has 1 aromatic carbocycles. The second-order valence-electron chi connectivity index (χ2n) is 5.52. The second-order valence-corrected chi connectivity index (χ2v) is 5.52. The highest BCUT2D eigenvalue weighted by Crippen LogP contribution is 2.35. The minimum absolute atomic E-state index is 0.163.